The van der Waals surface area contributed by atoms with Gasteiger partial charge in [0.2, 0.25) is 5.91 Å². The SMILES string of the molecule is CCNC(=NCCCNC(=O)c1cccs1)N1CCN(C(C)=O)CC1.I. The molecule has 0 aliphatic carbocycles. The van der Waals surface area contributed by atoms with Gasteiger partial charge in [-0.3, -0.25) is 14.6 Å². The molecule has 2 N–H and O–H groups in total. The van der Waals surface area contributed by atoms with Gasteiger partial charge in [0.05, 0.1) is 4.88 Å². The Balaban J connectivity index is 0.00000338. The number of aliphatic imine (C=N–C) groups is 1. The fourth-order valence-corrected chi connectivity index (χ4v) is 3.26. The van der Waals surface area contributed by atoms with Gasteiger partial charge in [0.1, 0.15) is 0 Å². The van der Waals surface area contributed by atoms with Crippen molar-refractivity contribution >= 4 is 53.1 Å². The summed E-state index contributed by atoms with van der Waals surface area (Å²) in [5.41, 5.74) is 0. The third kappa shape index (κ3) is 7.10. The summed E-state index contributed by atoms with van der Waals surface area (Å²) in [6, 6.07) is 3.69. The zero-order chi connectivity index (χ0) is 18.1. The quantitative estimate of drug-likeness (QED) is 0.273. The summed E-state index contributed by atoms with van der Waals surface area (Å²) in [6.45, 7) is 8.77. The van der Waals surface area contributed by atoms with Gasteiger partial charge in [0, 0.05) is 52.7 Å². The minimum Gasteiger partial charge on any atom is -0.357 e. The molecule has 1 fully saturated rings. The zero-order valence-electron chi connectivity index (χ0n) is 15.4. The molecular weight excluding hydrogens is 465 g/mol. The number of carbonyl (C=O) groups is 2. The first-order valence-corrected chi connectivity index (χ1v) is 9.60. The number of hydrogen-bond donors (Lipinski definition) is 2. The summed E-state index contributed by atoms with van der Waals surface area (Å²) in [5.74, 6) is 0.990. The third-order valence-electron chi connectivity index (χ3n) is 3.99. The summed E-state index contributed by atoms with van der Waals surface area (Å²) >= 11 is 1.44. The number of carbonyl (C=O) groups excluding carboxylic acids is 2. The van der Waals surface area contributed by atoms with Crippen LogP contribution in [0, 0.1) is 0 Å². The lowest BCUT2D eigenvalue weighted by molar-refractivity contribution is -0.130. The highest BCUT2D eigenvalue weighted by atomic mass is 127. The van der Waals surface area contributed by atoms with Gasteiger partial charge in [0.25, 0.3) is 5.91 Å². The van der Waals surface area contributed by atoms with Gasteiger partial charge in [-0.1, -0.05) is 6.07 Å². The molecule has 0 spiro atoms. The molecule has 0 aromatic carbocycles. The summed E-state index contributed by atoms with van der Waals surface area (Å²) in [7, 11) is 0. The molecule has 1 saturated heterocycles. The minimum atomic E-state index is -0.0220. The first-order valence-electron chi connectivity index (χ1n) is 8.72. The van der Waals surface area contributed by atoms with E-state index in [1.807, 2.05) is 29.3 Å². The van der Waals surface area contributed by atoms with E-state index in [4.69, 9.17) is 0 Å². The lowest BCUT2D eigenvalue weighted by atomic mass is 10.3. The van der Waals surface area contributed by atoms with Crippen LogP contribution in [0.2, 0.25) is 0 Å². The number of amides is 2. The van der Waals surface area contributed by atoms with Crippen molar-refractivity contribution in [2.75, 3.05) is 45.8 Å². The Hall–Kier alpha value is -1.36. The maximum absolute atomic E-state index is 11.8. The van der Waals surface area contributed by atoms with Gasteiger partial charge in [-0.05, 0) is 24.8 Å². The molecule has 0 radical (unpaired) electrons. The Morgan fingerprint density at radius 1 is 1.19 bits per heavy atom. The van der Waals surface area contributed by atoms with Crippen LogP contribution in [0.3, 0.4) is 0 Å². The van der Waals surface area contributed by atoms with Crippen LogP contribution in [0.25, 0.3) is 0 Å². The van der Waals surface area contributed by atoms with E-state index >= 15 is 0 Å². The first-order chi connectivity index (χ1) is 12.1. The highest BCUT2D eigenvalue weighted by molar-refractivity contribution is 14.0. The van der Waals surface area contributed by atoms with E-state index in [0.717, 1.165) is 50.0 Å². The lowest BCUT2D eigenvalue weighted by Gasteiger charge is -2.36. The number of nitrogens with one attached hydrogen (secondary N) is 2. The number of nitrogens with zero attached hydrogens (tertiary/aromatic N) is 3. The van der Waals surface area contributed by atoms with Crippen molar-refractivity contribution in [2.45, 2.75) is 20.3 Å². The van der Waals surface area contributed by atoms with E-state index in [-0.39, 0.29) is 35.8 Å². The fourth-order valence-electron chi connectivity index (χ4n) is 2.62. The number of guanidine groups is 1. The second kappa shape index (κ2) is 12.1. The van der Waals surface area contributed by atoms with E-state index in [2.05, 4.69) is 20.5 Å². The van der Waals surface area contributed by atoms with E-state index in [9.17, 15) is 9.59 Å². The van der Waals surface area contributed by atoms with Crippen LogP contribution >= 0.6 is 35.3 Å². The Labute approximate surface area is 176 Å². The van der Waals surface area contributed by atoms with E-state index in [0.29, 0.717) is 13.1 Å². The Bertz CT molecular complexity index is 586. The average Bonchev–Trinajstić information content (AvgIpc) is 3.15. The first kappa shape index (κ1) is 22.7. The molecule has 26 heavy (non-hydrogen) atoms. The van der Waals surface area contributed by atoms with Crippen LogP contribution in [0.4, 0.5) is 0 Å². The van der Waals surface area contributed by atoms with Crippen LogP contribution in [-0.4, -0.2) is 73.4 Å². The van der Waals surface area contributed by atoms with Crippen molar-refractivity contribution in [3.63, 3.8) is 0 Å². The van der Waals surface area contributed by atoms with Gasteiger partial charge in [-0.15, -0.1) is 35.3 Å². The molecule has 7 nitrogen and oxygen atoms in total. The molecule has 2 rings (SSSR count). The van der Waals surface area contributed by atoms with Crippen molar-refractivity contribution in [3.8, 4) is 0 Å². The van der Waals surface area contributed by atoms with Crippen molar-refractivity contribution in [2.24, 2.45) is 4.99 Å². The van der Waals surface area contributed by atoms with Gasteiger partial charge >= 0.3 is 0 Å². The van der Waals surface area contributed by atoms with Gasteiger partial charge in [-0.25, -0.2) is 0 Å². The highest BCUT2D eigenvalue weighted by Crippen LogP contribution is 2.07. The maximum atomic E-state index is 11.8. The minimum absolute atomic E-state index is 0. The summed E-state index contributed by atoms with van der Waals surface area (Å²) < 4.78 is 0. The number of halogens is 1. The predicted molar refractivity (Wildman–Crippen MR) is 116 cm³/mol. The van der Waals surface area contributed by atoms with Crippen molar-refractivity contribution < 1.29 is 9.59 Å². The molecule has 146 valence electrons. The molecule has 1 aromatic rings. The smallest absolute Gasteiger partial charge is 0.261 e. The standard InChI is InChI=1S/C17H27N5O2S.HI/c1-3-18-17(22-11-9-21(10-12-22)14(2)23)20-8-5-7-19-16(24)15-6-4-13-25-15;/h4,6,13H,3,5,7-12H2,1-2H3,(H,18,20)(H,19,24);1H. The topological polar surface area (TPSA) is 77.0 Å². The predicted octanol–water partition coefficient (Wildman–Crippen LogP) is 1.62. The molecule has 0 atom stereocenters. The number of thiophene rings is 1. The van der Waals surface area contributed by atoms with Crippen LogP contribution < -0.4 is 10.6 Å². The summed E-state index contributed by atoms with van der Waals surface area (Å²) in [5, 5.41) is 8.11. The van der Waals surface area contributed by atoms with Crippen LogP contribution in [0.1, 0.15) is 29.9 Å². The third-order valence-corrected chi connectivity index (χ3v) is 4.86. The average molecular weight is 493 g/mol. The van der Waals surface area contributed by atoms with Crippen molar-refractivity contribution in [3.05, 3.63) is 22.4 Å². The number of piperazine rings is 1. The number of hydrogen-bond acceptors (Lipinski definition) is 4. The van der Waals surface area contributed by atoms with Crippen LogP contribution in [-0.2, 0) is 4.79 Å². The Morgan fingerprint density at radius 3 is 2.46 bits per heavy atom. The lowest BCUT2D eigenvalue weighted by Crippen LogP contribution is -2.53. The maximum Gasteiger partial charge on any atom is 0.261 e. The van der Waals surface area contributed by atoms with Crippen molar-refractivity contribution in [1.82, 2.24) is 20.4 Å². The second-order valence-electron chi connectivity index (χ2n) is 5.82. The molecular formula is C17H28IN5O2S. The van der Waals surface area contributed by atoms with Crippen LogP contribution in [0.5, 0.6) is 0 Å². The van der Waals surface area contributed by atoms with E-state index in [1.54, 1.807) is 6.92 Å². The van der Waals surface area contributed by atoms with E-state index < -0.39 is 0 Å². The fraction of sp³-hybridized carbons (Fsp3) is 0.588. The summed E-state index contributed by atoms with van der Waals surface area (Å²) in [4.78, 5) is 32.7. The zero-order valence-corrected chi connectivity index (χ0v) is 18.5. The number of rotatable bonds is 6. The molecule has 0 unspecified atom stereocenters. The molecule has 0 bridgehead atoms. The second-order valence-corrected chi connectivity index (χ2v) is 6.76. The Morgan fingerprint density at radius 2 is 1.88 bits per heavy atom. The molecule has 9 heteroatoms. The molecule has 1 aliphatic heterocycles. The van der Waals surface area contributed by atoms with Gasteiger partial charge < -0.3 is 20.4 Å². The van der Waals surface area contributed by atoms with Gasteiger partial charge in [-0.2, -0.15) is 0 Å². The monoisotopic (exact) mass is 493 g/mol. The highest BCUT2D eigenvalue weighted by Gasteiger charge is 2.20. The summed E-state index contributed by atoms with van der Waals surface area (Å²) in [6.07, 6.45) is 0.791. The molecule has 2 amide bonds. The molecule has 1 aliphatic rings. The molecule has 0 saturated carbocycles. The van der Waals surface area contributed by atoms with E-state index in [1.165, 1.54) is 11.3 Å². The van der Waals surface area contributed by atoms with Gasteiger partial charge in [0.15, 0.2) is 5.96 Å². The van der Waals surface area contributed by atoms with Crippen LogP contribution in [0.15, 0.2) is 22.5 Å². The largest absolute Gasteiger partial charge is 0.357 e. The van der Waals surface area contributed by atoms with Crippen molar-refractivity contribution in [1.29, 1.82) is 0 Å². The molecule has 1 aromatic heterocycles. The normalized spacial score (nSPS) is 14.6. The molecule has 2 heterocycles. The Kier molecular flexibility index (Phi) is 10.6.